The van der Waals surface area contributed by atoms with Gasteiger partial charge in [0.2, 0.25) is 5.91 Å². The van der Waals surface area contributed by atoms with Crippen molar-refractivity contribution in [2.45, 2.75) is 38.4 Å². The van der Waals surface area contributed by atoms with Gasteiger partial charge in [0.05, 0.1) is 18.8 Å². The van der Waals surface area contributed by atoms with Crippen LogP contribution in [0.1, 0.15) is 51.6 Å². The zero-order valence-electron chi connectivity index (χ0n) is 17.1. The molecule has 2 aliphatic rings. The first-order valence-electron chi connectivity index (χ1n) is 10.5. The zero-order valence-corrected chi connectivity index (χ0v) is 17.8. The second kappa shape index (κ2) is 8.19. The van der Waals surface area contributed by atoms with Crippen molar-refractivity contribution in [3.8, 4) is 0 Å². The number of hydrogen-bond donors (Lipinski definition) is 1. The van der Waals surface area contributed by atoms with Crippen molar-refractivity contribution >= 4 is 23.4 Å². The van der Waals surface area contributed by atoms with E-state index in [9.17, 15) is 9.59 Å². The quantitative estimate of drug-likeness (QED) is 0.665. The molecule has 1 aromatic heterocycles. The molecule has 0 spiro atoms. The fourth-order valence-corrected chi connectivity index (χ4v) is 4.74. The van der Waals surface area contributed by atoms with E-state index in [1.807, 2.05) is 59.4 Å². The van der Waals surface area contributed by atoms with Gasteiger partial charge in [0.25, 0.3) is 5.91 Å². The van der Waals surface area contributed by atoms with E-state index in [4.69, 9.17) is 11.6 Å². The third-order valence-corrected chi connectivity index (χ3v) is 6.48. The van der Waals surface area contributed by atoms with E-state index in [0.717, 1.165) is 46.7 Å². The number of nitrogens with one attached hydrogen (secondary N) is 1. The summed E-state index contributed by atoms with van der Waals surface area (Å²) in [6, 6.07) is 15.2. The Morgan fingerprint density at radius 2 is 1.97 bits per heavy atom. The third-order valence-electron chi connectivity index (χ3n) is 6.11. The molecule has 2 heterocycles. The van der Waals surface area contributed by atoms with Gasteiger partial charge in [0.1, 0.15) is 6.54 Å². The summed E-state index contributed by atoms with van der Waals surface area (Å²) in [4.78, 5) is 26.9. The maximum atomic E-state index is 12.8. The largest absolute Gasteiger partial charge is 0.348 e. The maximum Gasteiger partial charge on any atom is 0.254 e. The van der Waals surface area contributed by atoms with Gasteiger partial charge in [-0.05, 0) is 42.5 Å². The van der Waals surface area contributed by atoms with E-state index in [-0.39, 0.29) is 24.4 Å². The van der Waals surface area contributed by atoms with Gasteiger partial charge in [-0.25, -0.2) is 0 Å². The first-order chi connectivity index (χ1) is 15.1. The number of carbonyl (C=O) groups is 2. The van der Waals surface area contributed by atoms with Crippen LogP contribution in [0.5, 0.6) is 0 Å². The number of hydrogen-bond acceptors (Lipinski definition) is 3. The van der Waals surface area contributed by atoms with Crippen LogP contribution in [0.4, 0.5) is 0 Å². The molecule has 0 unspecified atom stereocenters. The highest BCUT2D eigenvalue weighted by Gasteiger charge is 2.30. The standard InChI is InChI=1S/C24H23ClN4O2/c25-20-9-4-2-7-17(20)14-29-22-11-5-10-21(19(22)12-26-29)27-23(30)15-28-13-16-6-1-3-8-18(16)24(28)31/h1-4,6-9,12,21H,5,10-11,13-15H2,(H,27,30)/t21-/m1/s1. The zero-order chi connectivity index (χ0) is 21.4. The van der Waals surface area contributed by atoms with Gasteiger partial charge in [-0.1, -0.05) is 48.0 Å². The number of halogens is 1. The predicted molar refractivity (Wildman–Crippen MR) is 118 cm³/mol. The Balaban J connectivity index is 1.27. The van der Waals surface area contributed by atoms with Crippen LogP contribution in [0.2, 0.25) is 5.02 Å². The smallest absolute Gasteiger partial charge is 0.254 e. The summed E-state index contributed by atoms with van der Waals surface area (Å²) in [5.41, 5.74) is 4.88. The minimum absolute atomic E-state index is 0.0626. The van der Waals surface area contributed by atoms with Crippen LogP contribution in [-0.2, 0) is 24.3 Å². The molecule has 6 nitrogen and oxygen atoms in total. The Bertz CT molecular complexity index is 1160. The molecule has 3 aromatic rings. The van der Waals surface area contributed by atoms with Crippen LogP contribution >= 0.6 is 11.6 Å². The van der Waals surface area contributed by atoms with Gasteiger partial charge in [-0.3, -0.25) is 14.3 Å². The minimum Gasteiger partial charge on any atom is -0.348 e. The Labute approximate surface area is 185 Å². The van der Waals surface area contributed by atoms with E-state index in [1.165, 1.54) is 0 Å². The van der Waals surface area contributed by atoms with Crippen LogP contribution in [0.15, 0.2) is 54.7 Å². The normalized spacial score (nSPS) is 17.4. The lowest BCUT2D eigenvalue weighted by Gasteiger charge is -2.25. The number of aromatic nitrogens is 2. The summed E-state index contributed by atoms with van der Waals surface area (Å²) in [5, 5.41) is 8.43. The number of amides is 2. The molecule has 1 aliphatic heterocycles. The topological polar surface area (TPSA) is 67.2 Å². The van der Waals surface area contributed by atoms with Gasteiger partial charge >= 0.3 is 0 Å². The lowest BCUT2D eigenvalue weighted by atomic mass is 9.93. The molecule has 0 fully saturated rings. The van der Waals surface area contributed by atoms with Crippen molar-refractivity contribution < 1.29 is 9.59 Å². The average molecular weight is 435 g/mol. The van der Waals surface area contributed by atoms with E-state index in [0.29, 0.717) is 18.7 Å². The van der Waals surface area contributed by atoms with Gasteiger partial charge in [0, 0.05) is 28.4 Å². The van der Waals surface area contributed by atoms with Gasteiger partial charge < -0.3 is 10.2 Å². The molecule has 7 heteroatoms. The molecule has 1 aliphatic carbocycles. The van der Waals surface area contributed by atoms with E-state index in [2.05, 4.69) is 10.4 Å². The fourth-order valence-electron chi connectivity index (χ4n) is 4.55. The Morgan fingerprint density at radius 1 is 1.16 bits per heavy atom. The minimum atomic E-state index is -0.141. The molecule has 0 radical (unpaired) electrons. The van der Waals surface area contributed by atoms with Gasteiger partial charge in [-0.15, -0.1) is 0 Å². The number of benzene rings is 2. The highest BCUT2D eigenvalue weighted by Crippen LogP contribution is 2.31. The van der Waals surface area contributed by atoms with Crippen LogP contribution in [0, 0.1) is 0 Å². The van der Waals surface area contributed by atoms with Crippen molar-refractivity contribution in [1.29, 1.82) is 0 Å². The van der Waals surface area contributed by atoms with Crippen molar-refractivity contribution in [1.82, 2.24) is 20.0 Å². The molecule has 1 atom stereocenters. The predicted octanol–water partition coefficient (Wildman–Crippen LogP) is 3.73. The highest BCUT2D eigenvalue weighted by atomic mass is 35.5. The van der Waals surface area contributed by atoms with Crippen molar-refractivity contribution in [2.75, 3.05) is 6.54 Å². The molecule has 2 aromatic carbocycles. The molecule has 2 amide bonds. The van der Waals surface area contributed by atoms with Crippen molar-refractivity contribution in [2.24, 2.45) is 0 Å². The molecule has 158 valence electrons. The monoisotopic (exact) mass is 434 g/mol. The Kier molecular flexibility index (Phi) is 5.24. The van der Waals surface area contributed by atoms with Crippen LogP contribution in [0.25, 0.3) is 0 Å². The highest BCUT2D eigenvalue weighted by molar-refractivity contribution is 6.31. The van der Waals surface area contributed by atoms with Crippen molar-refractivity contribution in [3.63, 3.8) is 0 Å². The molecule has 0 bridgehead atoms. The summed E-state index contributed by atoms with van der Waals surface area (Å²) in [7, 11) is 0. The molecule has 5 rings (SSSR count). The second-order valence-corrected chi connectivity index (χ2v) is 8.53. The fraction of sp³-hybridized carbons (Fsp3) is 0.292. The second-order valence-electron chi connectivity index (χ2n) is 8.13. The van der Waals surface area contributed by atoms with Crippen LogP contribution in [-0.4, -0.2) is 33.0 Å². The van der Waals surface area contributed by atoms with E-state index in [1.54, 1.807) is 4.90 Å². The number of fused-ring (bicyclic) bond motifs is 2. The Hall–Kier alpha value is -3.12. The van der Waals surface area contributed by atoms with E-state index >= 15 is 0 Å². The lowest BCUT2D eigenvalue weighted by Crippen LogP contribution is -2.39. The molecule has 31 heavy (non-hydrogen) atoms. The van der Waals surface area contributed by atoms with E-state index < -0.39 is 0 Å². The third kappa shape index (κ3) is 3.83. The van der Waals surface area contributed by atoms with Crippen molar-refractivity contribution in [3.05, 3.63) is 87.7 Å². The number of carbonyl (C=O) groups excluding carboxylic acids is 2. The van der Waals surface area contributed by atoms with Gasteiger partial charge in [-0.2, -0.15) is 5.10 Å². The summed E-state index contributed by atoms with van der Waals surface area (Å²) in [5.74, 6) is -0.222. The number of nitrogens with zero attached hydrogens (tertiary/aromatic N) is 3. The van der Waals surface area contributed by atoms with Crippen LogP contribution in [0.3, 0.4) is 0 Å². The maximum absolute atomic E-state index is 12.8. The average Bonchev–Trinajstić information content (AvgIpc) is 3.32. The van der Waals surface area contributed by atoms with Gasteiger partial charge in [0.15, 0.2) is 0 Å². The summed E-state index contributed by atoms with van der Waals surface area (Å²) >= 11 is 6.32. The van der Waals surface area contributed by atoms with Crippen LogP contribution < -0.4 is 5.32 Å². The first-order valence-corrected chi connectivity index (χ1v) is 10.9. The molecular formula is C24H23ClN4O2. The SMILES string of the molecule is O=C(CN1Cc2ccccc2C1=O)N[C@@H]1CCCc2c1cnn2Cc1ccccc1Cl. The molecular weight excluding hydrogens is 412 g/mol. The Morgan fingerprint density at radius 3 is 2.81 bits per heavy atom. The molecule has 1 N–H and O–H groups in total. The molecule has 0 saturated heterocycles. The lowest BCUT2D eigenvalue weighted by molar-refractivity contribution is -0.122. The summed E-state index contributed by atoms with van der Waals surface area (Å²) in [6.45, 7) is 1.15. The summed E-state index contributed by atoms with van der Waals surface area (Å²) in [6.07, 6.45) is 4.62. The number of rotatable bonds is 5. The molecule has 0 saturated carbocycles. The first kappa shape index (κ1) is 19.8. The summed E-state index contributed by atoms with van der Waals surface area (Å²) < 4.78 is 1.98.